The van der Waals surface area contributed by atoms with Gasteiger partial charge in [-0.25, -0.2) is 4.79 Å². The minimum atomic E-state index is -1.01. The average molecular weight is 241 g/mol. The summed E-state index contributed by atoms with van der Waals surface area (Å²) in [5.74, 6) is -0.720. The van der Waals surface area contributed by atoms with E-state index in [1.165, 1.54) is 18.4 Å². The van der Waals surface area contributed by atoms with E-state index in [4.69, 9.17) is 0 Å². The first-order chi connectivity index (χ1) is 7.36. The Morgan fingerprint density at radius 3 is 2.44 bits per heavy atom. The largest absolute Gasteiger partial charge is 0.467 e. The van der Waals surface area contributed by atoms with Gasteiger partial charge in [-0.15, -0.1) is 11.3 Å². The molecular formula is C11H15NO3S. The number of rotatable bonds is 3. The van der Waals surface area contributed by atoms with Crippen LogP contribution in [0.2, 0.25) is 0 Å². The number of esters is 1. The maximum absolute atomic E-state index is 11.8. The van der Waals surface area contributed by atoms with Crippen molar-refractivity contribution in [3.05, 3.63) is 21.9 Å². The van der Waals surface area contributed by atoms with Crippen LogP contribution in [-0.2, 0) is 9.53 Å². The van der Waals surface area contributed by atoms with Crippen molar-refractivity contribution in [2.45, 2.75) is 26.3 Å². The number of nitrogens with one attached hydrogen (secondary N) is 1. The summed E-state index contributed by atoms with van der Waals surface area (Å²) in [5, 5.41) is 2.63. The van der Waals surface area contributed by atoms with E-state index >= 15 is 0 Å². The molecule has 0 radical (unpaired) electrons. The van der Waals surface area contributed by atoms with Crippen molar-refractivity contribution in [2.24, 2.45) is 0 Å². The molecule has 16 heavy (non-hydrogen) atoms. The van der Waals surface area contributed by atoms with Crippen molar-refractivity contribution in [1.29, 1.82) is 0 Å². The topological polar surface area (TPSA) is 55.4 Å². The van der Waals surface area contributed by atoms with E-state index in [1.807, 2.05) is 13.0 Å². The van der Waals surface area contributed by atoms with Gasteiger partial charge >= 0.3 is 5.97 Å². The lowest BCUT2D eigenvalue weighted by molar-refractivity contribution is -0.146. The van der Waals surface area contributed by atoms with Crippen LogP contribution in [0.4, 0.5) is 0 Å². The fraction of sp³-hybridized carbons (Fsp3) is 0.455. The van der Waals surface area contributed by atoms with Crippen molar-refractivity contribution in [3.8, 4) is 0 Å². The Balaban J connectivity index is 2.75. The Labute approximate surface area is 98.6 Å². The summed E-state index contributed by atoms with van der Waals surface area (Å²) in [7, 11) is 1.30. The molecule has 0 aliphatic carbocycles. The molecule has 0 fully saturated rings. The van der Waals surface area contributed by atoms with Crippen molar-refractivity contribution in [3.63, 3.8) is 0 Å². The summed E-state index contributed by atoms with van der Waals surface area (Å²) in [6.45, 7) is 5.14. The molecule has 0 saturated heterocycles. The molecule has 1 N–H and O–H groups in total. The second kappa shape index (κ2) is 4.65. The van der Waals surface area contributed by atoms with Crippen LogP contribution < -0.4 is 5.32 Å². The van der Waals surface area contributed by atoms with Crippen molar-refractivity contribution in [2.75, 3.05) is 7.11 Å². The number of hydrogen-bond acceptors (Lipinski definition) is 4. The quantitative estimate of drug-likeness (QED) is 0.820. The molecule has 0 unspecified atom stereocenters. The zero-order valence-electron chi connectivity index (χ0n) is 9.79. The summed E-state index contributed by atoms with van der Waals surface area (Å²) in [4.78, 5) is 24.8. The van der Waals surface area contributed by atoms with E-state index in [2.05, 4.69) is 10.1 Å². The van der Waals surface area contributed by atoms with Crippen LogP contribution >= 0.6 is 11.3 Å². The molecule has 0 spiro atoms. The number of amides is 1. The third-order valence-electron chi connectivity index (χ3n) is 2.09. The highest BCUT2D eigenvalue weighted by Gasteiger charge is 2.31. The Morgan fingerprint density at radius 1 is 1.38 bits per heavy atom. The molecule has 5 heteroatoms. The summed E-state index contributed by atoms with van der Waals surface area (Å²) in [6, 6.07) is 3.60. The number of thiophene rings is 1. The number of hydrogen-bond donors (Lipinski definition) is 1. The molecule has 1 rings (SSSR count). The molecule has 0 saturated carbocycles. The molecule has 4 nitrogen and oxygen atoms in total. The molecule has 0 aliphatic heterocycles. The normalized spacial score (nSPS) is 11.0. The minimum absolute atomic E-state index is 0.256. The van der Waals surface area contributed by atoms with Crippen LogP contribution in [0.3, 0.4) is 0 Å². The summed E-state index contributed by atoms with van der Waals surface area (Å²) < 4.78 is 4.61. The lowest BCUT2D eigenvalue weighted by Crippen LogP contribution is -2.50. The van der Waals surface area contributed by atoms with Gasteiger partial charge in [0.05, 0.1) is 12.0 Å². The van der Waals surface area contributed by atoms with E-state index < -0.39 is 11.5 Å². The fourth-order valence-corrected chi connectivity index (χ4v) is 1.97. The number of methoxy groups -OCH3 is 1. The van der Waals surface area contributed by atoms with Crippen LogP contribution in [-0.4, -0.2) is 24.5 Å². The standard InChI is InChI=1S/C11H15NO3S/c1-7-5-6-8(16-7)9(13)12-11(2,3)10(14)15-4/h5-6H,1-4H3,(H,12,13). The molecule has 0 aromatic carbocycles. The van der Waals surface area contributed by atoms with Crippen LogP contribution in [0.5, 0.6) is 0 Å². The van der Waals surface area contributed by atoms with E-state index in [0.717, 1.165) is 4.88 Å². The van der Waals surface area contributed by atoms with E-state index in [9.17, 15) is 9.59 Å². The molecule has 1 aromatic rings. The van der Waals surface area contributed by atoms with Crippen LogP contribution in [0.1, 0.15) is 28.4 Å². The molecule has 0 atom stereocenters. The Bertz CT molecular complexity index is 409. The number of carbonyl (C=O) groups excluding carboxylic acids is 2. The molecular weight excluding hydrogens is 226 g/mol. The summed E-state index contributed by atoms with van der Waals surface area (Å²) in [6.07, 6.45) is 0. The van der Waals surface area contributed by atoms with Crippen LogP contribution in [0.25, 0.3) is 0 Å². The number of ether oxygens (including phenoxy) is 1. The van der Waals surface area contributed by atoms with Gasteiger partial charge in [0.1, 0.15) is 5.54 Å². The first-order valence-electron chi connectivity index (χ1n) is 4.84. The monoisotopic (exact) mass is 241 g/mol. The lowest BCUT2D eigenvalue weighted by Gasteiger charge is -2.22. The second-order valence-corrected chi connectivity index (χ2v) is 5.27. The lowest BCUT2D eigenvalue weighted by atomic mass is 10.1. The number of carbonyl (C=O) groups is 2. The van der Waals surface area contributed by atoms with Gasteiger partial charge in [0, 0.05) is 4.88 Å². The smallest absolute Gasteiger partial charge is 0.330 e. The zero-order chi connectivity index (χ0) is 12.3. The van der Waals surface area contributed by atoms with Crippen molar-refractivity contribution >= 4 is 23.2 Å². The first kappa shape index (κ1) is 12.7. The first-order valence-corrected chi connectivity index (χ1v) is 5.66. The maximum atomic E-state index is 11.8. The van der Waals surface area contributed by atoms with Crippen LogP contribution in [0, 0.1) is 6.92 Å². The Kier molecular flexibility index (Phi) is 3.70. The second-order valence-electron chi connectivity index (χ2n) is 3.98. The zero-order valence-corrected chi connectivity index (χ0v) is 10.6. The van der Waals surface area contributed by atoms with E-state index in [-0.39, 0.29) is 5.91 Å². The molecule has 0 aliphatic rings. The predicted octanol–water partition coefficient (Wildman–Crippen LogP) is 1.74. The SMILES string of the molecule is COC(=O)C(C)(C)NC(=O)c1ccc(C)s1. The van der Waals surface area contributed by atoms with Gasteiger partial charge in [-0.2, -0.15) is 0 Å². The average Bonchev–Trinajstić information content (AvgIpc) is 2.63. The highest BCUT2D eigenvalue weighted by Crippen LogP contribution is 2.16. The third-order valence-corrected chi connectivity index (χ3v) is 3.09. The van der Waals surface area contributed by atoms with Gasteiger partial charge < -0.3 is 10.1 Å². The third kappa shape index (κ3) is 2.82. The molecule has 0 bridgehead atoms. The molecule has 1 amide bonds. The minimum Gasteiger partial charge on any atom is -0.467 e. The van der Waals surface area contributed by atoms with Crippen LogP contribution in [0.15, 0.2) is 12.1 Å². The summed E-state index contributed by atoms with van der Waals surface area (Å²) >= 11 is 1.39. The van der Waals surface area contributed by atoms with Crippen molar-refractivity contribution in [1.82, 2.24) is 5.32 Å². The highest BCUT2D eigenvalue weighted by atomic mass is 32.1. The van der Waals surface area contributed by atoms with Gasteiger partial charge in [0.25, 0.3) is 5.91 Å². The Hall–Kier alpha value is -1.36. The fourth-order valence-electron chi connectivity index (χ4n) is 1.21. The van der Waals surface area contributed by atoms with Gasteiger partial charge in [-0.3, -0.25) is 4.79 Å². The predicted molar refractivity (Wildman–Crippen MR) is 62.6 cm³/mol. The number of aryl methyl sites for hydroxylation is 1. The van der Waals surface area contributed by atoms with E-state index in [0.29, 0.717) is 4.88 Å². The Morgan fingerprint density at radius 2 is 2.00 bits per heavy atom. The van der Waals surface area contributed by atoms with Gasteiger partial charge in [0.15, 0.2) is 0 Å². The van der Waals surface area contributed by atoms with Gasteiger partial charge in [0.2, 0.25) is 0 Å². The molecule has 88 valence electrons. The van der Waals surface area contributed by atoms with Crippen molar-refractivity contribution < 1.29 is 14.3 Å². The maximum Gasteiger partial charge on any atom is 0.330 e. The summed E-state index contributed by atoms with van der Waals surface area (Å²) in [5.41, 5.74) is -1.01. The van der Waals surface area contributed by atoms with Gasteiger partial charge in [-0.05, 0) is 32.9 Å². The molecule has 1 aromatic heterocycles. The highest BCUT2D eigenvalue weighted by molar-refractivity contribution is 7.13. The molecule has 1 heterocycles. The van der Waals surface area contributed by atoms with Gasteiger partial charge in [-0.1, -0.05) is 0 Å². The van der Waals surface area contributed by atoms with E-state index in [1.54, 1.807) is 19.9 Å².